The van der Waals surface area contributed by atoms with Crippen LogP contribution < -0.4 is 10.6 Å². The minimum absolute atomic E-state index is 0.0125. The molecule has 188 valence electrons. The molecule has 1 aromatic heterocycles. The second-order valence-corrected chi connectivity index (χ2v) is 7.94. The van der Waals surface area contributed by atoms with Crippen molar-refractivity contribution in [1.82, 2.24) is 15.7 Å². The van der Waals surface area contributed by atoms with Crippen molar-refractivity contribution in [2.75, 3.05) is 13.2 Å². The zero-order valence-electron chi connectivity index (χ0n) is 19.7. The summed E-state index contributed by atoms with van der Waals surface area (Å²) in [6, 6.07) is 7.82. The summed E-state index contributed by atoms with van der Waals surface area (Å²) in [6.07, 6.45) is 5.26. The lowest BCUT2D eigenvalue weighted by Gasteiger charge is -2.19. The molecule has 0 aliphatic heterocycles. The maximum Gasteiger partial charge on any atom is 0.335 e. The highest BCUT2D eigenvalue weighted by Gasteiger charge is 2.21. The van der Waals surface area contributed by atoms with Crippen molar-refractivity contribution < 1.29 is 33.9 Å². The summed E-state index contributed by atoms with van der Waals surface area (Å²) in [5, 5.41) is 24.5. The van der Waals surface area contributed by atoms with Crippen molar-refractivity contribution in [2.24, 2.45) is 5.92 Å². The molecule has 0 aliphatic carbocycles. The number of nitrogens with zero attached hydrogens (tertiary/aromatic N) is 1. The summed E-state index contributed by atoms with van der Waals surface area (Å²) in [5.41, 5.74) is 1.18. The van der Waals surface area contributed by atoms with Gasteiger partial charge in [-0.15, -0.1) is 6.58 Å². The third-order valence-electron chi connectivity index (χ3n) is 5.42. The van der Waals surface area contributed by atoms with Gasteiger partial charge in [-0.05, 0) is 36.6 Å². The van der Waals surface area contributed by atoms with Crippen LogP contribution in [0.3, 0.4) is 0 Å². The van der Waals surface area contributed by atoms with E-state index in [-0.39, 0.29) is 30.9 Å². The number of nitrogens with one attached hydrogen (secondary N) is 2. The van der Waals surface area contributed by atoms with Gasteiger partial charge in [-0.2, -0.15) is 0 Å². The summed E-state index contributed by atoms with van der Waals surface area (Å²) < 4.78 is 5.66. The van der Waals surface area contributed by atoms with Crippen LogP contribution in [0, 0.1) is 5.92 Å². The maximum absolute atomic E-state index is 12.5. The number of benzene rings is 1. The van der Waals surface area contributed by atoms with Gasteiger partial charge < -0.3 is 20.2 Å². The molecule has 2 aromatic rings. The van der Waals surface area contributed by atoms with E-state index in [0.29, 0.717) is 34.8 Å². The van der Waals surface area contributed by atoms with Gasteiger partial charge in [-0.25, -0.2) is 9.86 Å². The van der Waals surface area contributed by atoms with E-state index in [0.717, 1.165) is 19.3 Å². The third-order valence-corrected chi connectivity index (χ3v) is 5.42. The molecular weight excluding hydrogens is 454 g/mol. The van der Waals surface area contributed by atoms with Crippen LogP contribution >= 0.6 is 0 Å². The second-order valence-electron chi connectivity index (χ2n) is 7.94. The number of amides is 3. The number of unbranched alkanes of at least 4 members (excludes halogenated alkanes) is 2. The average molecular weight is 486 g/mol. The number of hydroxylamine groups is 2. The van der Waals surface area contributed by atoms with E-state index in [1.165, 1.54) is 12.1 Å². The Morgan fingerprint density at radius 3 is 2.60 bits per heavy atom. The van der Waals surface area contributed by atoms with Crippen LogP contribution in [0.4, 0.5) is 0 Å². The summed E-state index contributed by atoms with van der Waals surface area (Å²) in [7, 11) is 0. The van der Waals surface area contributed by atoms with Crippen LogP contribution in [-0.4, -0.2) is 52.8 Å². The summed E-state index contributed by atoms with van der Waals surface area (Å²) >= 11 is 0. The van der Waals surface area contributed by atoms with Gasteiger partial charge in [0, 0.05) is 5.56 Å². The van der Waals surface area contributed by atoms with Gasteiger partial charge in [0.1, 0.15) is 5.76 Å². The highest BCUT2D eigenvalue weighted by atomic mass is 16.5. The molecule has 0 bridgehead atoms. The Morgan fingerprint density at radius 2 is 1.94 bits per heavy atom. The molecule has 4 N–H and O–H groups in total. The van der Waals surface area contributed by atoms with Gasteiger partial charge in [-0.3, -0.25) is 19.6 Å². The van der Waals surface area contributed by atoms with Crippen LogP contribution in [-0.2, 0) is 16.0 Å². The van der Waals surface area contributed by atoms with Gasteiger partial charge in [0.25, 0.3) is 5.91 Å². The van der Waals surface area contributed by atoms with Crippen LogP contribution in [0.2, 0.25) is 0 Å². The molecule has 2 rings (SSSR count). The number of rotatable bonds is 15. The minimum Gasteiger partial charge on any atom is -0.478 e. The Labute approximate surface area is 203 Å². The molecule has 3 amide bonds. The Hall–Kier alpha value is -3.92. The SMILES string of the molecule is C=CCc1c(C(=O)O)cccc1-c1ccc(C(=O)NCNC(=O)C(CCCCC)CN(O)C=O)o1. The van der Waals surface area contributed by atoms with Crippen LogP contribution in [0.25, 0.3) is 11.3 Å². The zero-order valence-corrected chi connectivity index (χ0v) is 19.7. The summed E-state index contributed by atoms with van der Waals surface area (Å²) in [5.74, 6) is -2.35. The van der Waals surface area contributed by atoms with Gasteiger partial charge in [0.2, 0.25) is 12.3 Å². The van der Waals surface area contributed by atoms with E-state index in [1.807, 2.05) is 6.92 Å². The number of hydrogen-bond acceptors (Lipinski definition) is 6. The monoisotopic (exact) mass is 485 g/mol. The fourth-order valence-corrected chi connectivity index (χ4v) is 3.64. The first-order chi connectivity index (χ1) is 16.8. The predicted molar refractivity (Wildman–Crippen MR) is 128 cm³/mol. The zero-order chi connectivity index (χ0) is 25.8. The van der Waals surface area contributed by atoms with Gasteiger partial charge in [-0.1, -0.05) is 44.4 Å². The molecule has 1 unspecified atom stereocenters. The molecule has 0 saturated carbocycles. The topological polar surface area (TPSA) is 149 Å². The van der Waals surface area contributed by atoms with E-state index in [4.69, 9.17) is 4.42 Å². The molecule has 1 atom stereocenters. The lowest BCUT2D eigenvalue weighted by molar-refractivity contribution is -0.154. The molecule has 0 saturated heterocycles. The molecule has 0 fully saturated rings. The quantitative estimate of drug-likeness (QED) is 0.0755. The van der Waals surface area contributed by atoms with Crippen molar-refractivity contribution in [3.63, 3.8) is 0 Å². The van der Waals surface area contributed by atoms with E-state index in [9.17, 15) is 29.5 Å². The summed E-state index contributed by atoms with van der Waals surface area (Å²) in [6.45, 7) is 5.37. The predicted octanol–water partition coefficient (Wildman–Crippen LogP) is 3.22. The van der Waals surface area contributed by atoms with Gasteiger partial charge >= 0.3 is 5.97 Å². The molecule has 0 radical (unpaired) electrons. The lowest BCUT2D eigenvalue weighted by atomic mass is 9.96. The number of carboxylic acid groups (broad SMARTS) is 1. The van der Waals surface area contributed by atoms with E-state index < -0.39 is 23.7 Å². The van der Waals surface area contributed by atoms with E-state index in [1.54, 1.807) is 24.3 Å². The number of carbonyl (C=O) groups is 4. The molecule has 10 nitrogen and oxygen atoms in total. The van der Waals surface area contributed by atoms with E-state index >= 15 is 0 Å². The molecule has 0 aliphatic rings. The maximum atomic E-state index is 12.5. The molecule has 1 heterocycles. The largest absolute Gasteiger partial charge is 0.478 e. The molecule has 0 spiro atoms. The molecular formula is C25H31N3O7. The fraction of sp³-hybridized carbons (Fsp3) is 0.360. The van der Waals surface area contributed by atoms with Gasteiger partial charge in [0.05, 0.1) is 24.7 Å². The molecule has 1 aromatic carbocycles. The fourth-order valence-electron chi connectivity index (χ4n) is 3.64. The van der Waals surface area contributed by atoms with Crippen molar-refractivity contribution in [3.05, 3.63) is 59.9 Å². The number of hydrogen-bond donors (Lipinski definition) is 4. The van der Waals surface area contributed by atoms with Crippen LogP contribution in [0.1, 0.15) is 59.1 Å². The smallest absolute Gasteiger partial charge is 0.335 e. The highest BCUT2D eigenvalue weighted by Crippen LogP contribution is 2.29. The average Bonchev–Trinajstić information content (AvgIpc) is 3.33. The Kier molecular flexibility index (Phi) is 10.7. The Balaban J connectivity index is 2.03. The minimum atomic E-state index is -1.07. The third kappa shape index (κ3) is 7.82. The van der Waals surface area contributed by atoms with Crippen LogP contribution in [0.15, 0.2) is 47.4 Å². The van der Waals surface area contributed by atoms with Crippen molar-refractivity contribution in [2.45, 2.75) is 39.0 Å². The van der Waals surface area contributed by atoms with Crippen LogP contribution in [0.5, 0.6) is 0 Å². The van der Waals surface area contributed by atoms with Crippen molar-refractivity contribution >= 4 is 24.2 Å². The molecule has 35 heavy (non-hydrogen) atoms. The Morgan fingerprint density at radius 1 is 1.17 bits per heavy atom. The molecule has 10 heteroatoms. The first-order valence-electron chi connectivity index (χ1n) is 11.3. The number of carboxylic acids is 1. The second kappa shape index (κ2) is 13.7. The van der Waals surface area contributed by atoms with Crippen molar-refractivity contribution in [3.8, 4) is 11.3 Å². The first-order valence-corrected chi connectivity index (χ1v) is 11.3. The van der Waals surface area contributed by atoms with Crippen molar-refractivity contribution in [1.29, 1.82) is 0 Å². The number of carbonyl (C=O) groups excluding carboxylic acids is 3. The summed E-state index contributed by atoms with van der Waals surface area (Å²) in [4.78, 5) is 47.3. The standard InChI is InChI=1S/C25H31N3O7/c1-3-5-6-9-17(14-28(34)16-29)23(30)26-15-27-24(31)22-13-12-21(35-22)19-10-7-11-20(25(32)33)18(19)8-4-2/h4,7,10-13,16-17,34H,2-3,5-6,8-9,14-15H2,1H3,(H,26,30)(H,27,31)(H,32,33). The van der Waals surface area contributed by atoms with E-state index in [2.05, 4.69) is 17.2 Å². The van der Waals surface area contributed by atoms with Gasteiger partial charge in [0.15, 0.2) is 5.76 Å². The highest BCUT2D eigenvalue weighted by molar-refractivity contribution is 5.94. The number of allylic oxidation sites excluding steroid dienone is 1. The normalized spacial score (nSPS) is 11.4. The number of aromatic carboxylic acids is 1. The number of furan rings is 1. The lowest BCUT2D eigenvalue weighted by Crippen LogP contribution is -2.42. The first kappa shape index (κ1) is 27.3. The Bertz CT molecular complexity index is 1050.